The van der Waals surface area contributed by atoms with E-state index in [1.165, 1.54) is 24.6 Å². The summed E-state index contributed by atoms with van der Waals surface area (Å²) in [6.07, 6.45) is 3.59. The predicted octanol–water partition coefficient (Wildman–Crippen LogP) is 7.22. The molecule has 2 aliphatic rings. The number of para-hydroxylation sites is 2. The molecule has 6 rings (SSSR count). The highest BCUT2D eigenvalue weighted by atomic mass is 32.2. The lowest BCUT2D eigenvalue weighted by molar-refractivity contribution is -0.115. The fourth-order valence-electron chi connectivity index (χ4n) is 6.61. The van der Waals surface area contributed by atoms with Crippen molar-refractivity contribution >= 4 is 55.8 Å². The molecule has 1 aliphatic heterocycles. The smallest absolute Gasteiger partial charge is 0.274 e. The van der Waals surface area contributed by atoms with Crippen molar-refractivity contribution in [2.24, 2.45) is 21.1 Å². The minimum absolute atomic E-state index is 0.0578. The lowest BCUT2D eigenvalue weighted by atomic mass is 9.65. The van der Waals surface area contributed by atoms with Gasteiger partial charge in [-0.3, -0.25) is 14.3 Å². The third kappa shape index (κ3) is 4.80. The Morgan fingerprint density at radius 3 is 2.78 bits per heavy atom. The van der Waals surface area contributed by atoms with Gasteiger partial charge < -0.3 is 5.11 Å². The minimum atomic E-state index is -0.357. The number of thiazole rings is 1. The van der Waals surface area contributed by atoms with Crippen LogP contribution < -0.4 is 0 Å². The standard InChI is InChI=1S/C28H31N5O2S2/c1-27(2)12-18-13-28(3,15-27)16-32(18)17-33-21-10-6-4-8-19(21)24(25(33)35)31-30-23(34)14-36-26-29-20-9-5-7-11-22(20)37-26/h4-11,18,35H,12-17H2,1-3H3/t18-,28+/m1/s1. The third-order valence-corrected chi connectivity index (χ3v) is 9.78. The number of hydrogen-bond acceptors (Lipinski definition) is 7. The van der Waals surface area contributed by atoms with Gasteiger partial charge in [-0.1, -0.05) is 62.9 Å². The van der Waals surface area contributed by atoms with E-state index in [1.807, 2.05) is 53.1 Å². The first-order chi connectivity index (χ1) is 17.7. The zero-order valence-electron chi connectivity index (χ0n) is 21.3. The van der Waals surface area contributed by atoms with Gasteiger partial charge in [0, 0.05) is 18.0 Å². The van der Waals surface area contributed by atoms with E-state index < -0.39 is 0 Å². The van der Waals surface area contributed by atoms with Gasteiger partial charge in [0.15, 0.2) is 10.0 Å². The van der Waals surface area contributed by atoms with Crippen molar-refractivity contribution in [2.75, 3.05) is 12.3 Å². The summed E-state index contributed by atoms with van der Waals surface area (Å²) < 4.78 is 3.84. The van der Waals surface area contributed by atoms with Crippen molar-refractivity contribution in [1.82, 2.24) is 14.5 Å². The van der Waals surface area contributed by atoms with E-state index in [1.54, 1.807) is 11.3 Å². The van der Waals surface area contributed by atoms with Crippen LogP contribution in [0.25, 0.3) is 21.1 Å². The Kier molecular flexibility index (Phi) is 6.12. The molecule has 0 spiro atoms. The van der Waals surface area contributed by atoms with Crippen LogP contribution >= 0.6 is 23.1 Å². The molecule has 1 saturated carbocycles. The van der Waals surface area contributed by atoms with Gasteiger partial charge in [0.05, 0.1) is 28.2 Å². The van der Waals surface area contributed by atoms with Gasteiger partial charge in [0.25, 0.3) is 5.91 Å². The Hall–Kier alpha value is -2.75. The SMILES string of the molecule is CC1(C)C[C@@H]2C[C@](C)(CN2Cn2c(O)c(N=NC(=O)CSc3nc4ccccc4s3)c3ccccc32)C1. The van der Waals surface area contributed by atoms with E-state index in [0.29, 0.717) is 29.2 Å². The van der Waals surface area contributed by atoms with Crippen LogP contribution in [0.2, 0.25) is 0 Å². The number of amides is 1. The second kappa shape index (κ2) is 9.22. The fourth-order valence-corrected chi connectivity index (χ4v) is 8.45. The Bertz CT molecular complexity index is 1490. The van der Waals surface area contributed by atoms with E-state index in [-0.39, 0.29) is 17.5 Å². The number of azo groups is 1. The number of nitrogens with zero attached hydrogens (tertiary/aromatic N) is 5. The topological polar surface area (TPSA) is 83.1 Å². The summed E-state index contributed by atoms with van der Waals surface area (Å²) in [7, 11) is 0. The molecule has 0 unspecified atom stereocenters. The first-order valence-corrected chi connectivity index (χ1v) is 14.5. The molecule has 9 heteroatoms. The molecule has 1 saturated heterocycles. The number of thioether (sulfide) groups is 1. The second-order valence-corrected chi connectivity index (χ2v) is 13.8. The first-order valence-electron chi connectivity index (χ1n) is 12.7. The second-order valence-electron chi connectivity index (χ2n) is 11.5. The van der Waals surface area contributed by atoms with Crippen LogP contribution in [0.3, 0.4) is 0 Å². The van der Waals surface area contributed by atoms with Crippen molar-refractivity contribution in [2.45, 2.75) is 57.1 Å². The molecular formula is C28H31N5O2S2. The molecule has 4 aromatic rings. The zero-order valence-corrected chi connectivity index (χ0v) is 23.0. The van der Waals surface area contributed by atoms with Gasteiger partial charge >= 0.3 is 0 Å². The third-order valence-electron chi connectivity index (χ3n) is 7.62. The molecule has 2 fully saturated rings. The van der Waals surface area contributed by atoms with E-state index in [4.69, 9.17) is 0 Å². The Morgan fingerprint density at radius 1 is 1.16 bits per heavy atom. The van der Waals surface area contributed by atoms with Gasteiger partial charge in [-0.15, -0.1) is 21.6 Å². The number of fused-ring (bicyclic) bond motifs is 4. The quantitative estimate of drug-likeness (QED) is 0.209. The van der Waals surface area contributed by atoms with Gasteiger partial charge in [0.1, 0.15) is 0 Å². The average molecular weight is 534 g/mol. The predicted molar refractivity (Wildman–Crippen MR) is 150 cm³/mol. The van der Waals surface area contributed by atoms with Gasteiger partial charge in [-0.05, 0) is 48.3 Å². The average Bonchev–Trinajstić information content (AvgIpc) is 3.46. The molecule has 1 aliphatic carbocycles. The van der Waals surface area contributed by atoms with Crippen molar-refractivity contribution < 1.29 is 9.90 Å². The van der Waals surface area contributed by atoms with Crippen LogP contribution in [-0.2, 0) is 11.5 Å². The number of hydrogen-bond donors (Lipinski definition) is 1. The van der Waals surface area contributed by atoms with Crippen LogP contribution in [0.15, 0.2) is 63.1 Å². The van der Waals surface area contributed by atoms with E-state index in [0.717, 1.165) is 38.4 Å². The van der Waals surface area contributed by atoms with E-state index in [9.17, 15) is 9.90 Å². The highest BCUT2D eigenvalue weighted by Gasteiger charge is 2.49. The summed E-state index contributed by atoms with van der Waals surface area (Å²) in [4.78, 5) is 19.6. The maximum Gasteiger partial charge on any atom is 0.274 e. The molecule has 1 amide bonds. The fraction of sp³-hybridized carbons (Fsp3) is 0.429. The summed E-state index contributed by atoms with van der Waals surface area (Å²) in [5.41, 5.74) is 2.82. The first kappa shape index (κ1) is 24.6. The van der Waals surface area contributed by atoms with Gasteiger partial charge in [-0.2, -0.15) is 0 Å². The van der Waals surface area contributed by atoms with Crippen molar-refractivity contribution in [1.29, 1.82) is 0 Å². The van der Waals surface area contributed by atoms with E-state index >= 15 is 0 Å². The summed E-state index contributed by atoms with van der Waals surface area (Å²) in [6.45, 7) is 8.75. The van der Waals surface area contributed by atoms with Crippen LogP contribution in [-0.4, -0.2) is 43.8 Å². The summed E-state index contributed by atoms with van der Waals surface area (Å²) in [6, 6.07) is 16.2. The molecule has 2 aromatic carbocycles. The van der Waals surface area contributed by atoms with Crippen LogP contribution in [0.1, 0.15) is 40.0 Å². The van der Waals surface area contributed by atoms with Crippen molar-refractivity contribution in [3.05, 3.63) is 48.5 Å². The molecular weight excluding hydrogens is 502 g/mol. The van der Waals surface area contributed by atoms with Crippen molar-refractivity contribution in [3.8, 4) is 5.88 Å². The summed E-state index contributed by atoms with van der Waals surface area (Å²) in [5, 5.41) is 20.2. The van der Waals surface area contributed by atoms with Crippen LogP contribution in [0, 0.1) is 10.8 Å². The highest BCUT2D eigenvalue weighted by Crippen LogP contribution is 2.53. The maximum absolute atomic E-state index is 12.6. The maximum atomic E-state index is 12.6. The summed E-state index contributed by atoms with van der Waals surface area (Å²) in [5.74, 6) is -0.154. The Labute approximate surface area is 224 Å². The van der Waals surface area contributed by atoms with Gasteiger partial charge in [0.2, 0.25) is 5.88 Å². The zero-order chi connectivity index (χ0) is 25.8. The number of likely N-dealkylation sites (tertiary alicyclic amines) is 1. The number of aromatic nitrogens is 2. The largest absolute Gasteiger partial charge is 0.493 e. The lowest BCUT2D eigenvalue weighted by Crippen LogP contribution is -2.35. The van der Waals surface area contributed by atoms with Crippen LogP contribution in [0.4, 0.5) is 5.69 Å². The number of carbonyl (C=O) groups excluding carboxylic acids is 1. The number of rotatable bonds is 6. The minimum Gasteiger partial charge on any atom is -0.493 e. The number of benzene rings is 2. The molecule has 3 heterocycles. The number of aromatic hydroxyl groups is 1. The molecule has 2 aromatic heterocycles. The Morgan fingerprint density at radius 2 is 1.95 bits per heavy atom. The molecule has 192 valence electrons. The monoisotopic (exact) mass is 533 g/mol. The molecule has 2 atom stereocenters. The molecule has 1 N–H and O–H groups in total. The normalized spacial score (nSPS) is 23.5. The molecule has 37 heavy (non-hydrogen) atoms. The Balaban J connectivity index is 1.21. The van der Waals surface area contributed by atoms with E-state index in [2.05, 4.69) is 40.9 Å². The van der Waals surface area contributed by atoms with Crippen LogP contribution in [0.5, 0.6) is 5.88 Å². The van der Waals surface area contributed by atoms with Gasteiger partial charge in [-0.25, -0.2) is 4.98 Å². The molecule has 7 nitrogen and oxygen atoms in total. The molecule has 2 bridgehead atoms. The number of carbonyl (C=O) groups is 1. The highest BCUT2D eigenvalue weighted by molar-refractivity contribution is 8.01. The summed E-state index contributed by atoms with van der Waals surface area (Å²) >= 11 is 2.92. The molecule has 0 radical (unpaired) electrons. The lowest BCUT2D eigenvalue weighted by Gasteiger charge is -2.40. The van der Waals surface area contributed by atoms with Crippen molar-refractivity contribution in [3.63, 3.8) is 0 Å².